The fourth-order valence-electron chi connectivity index (χ4n) is 4.21. The molecule has 1 aliphatic carbocycles. The number of hydrogen-bond donors (Lipinski definition) is 1. The summed E-state index contributed by atoms with van der Waals surface area (Å²) in [7, 11) is 0. The van der Waals surface area contributed by atoms with Crippen molar-refractivity contribution in [1.29, 1.82) is 0 Å². The van der Waals surface area contributed by atoms with E-state index in [1.54, 1.807) is 31.5 Å². The Morgan fingerprint density at radius 1 is 1.31 bits per heavy atom. The number of aromatic amines is 1. The first-order valence-electron chi connectivity index (χ1n) is 10.2. The number of fused-ring (bicyclic) bond motifs is 1. The van der Waals surface area contributed by atoms with E-state index in [2.05, 4.69) is 29.6 Å². The summed E-state index contributed by atoms with van der Waals surface area (Å²) in [6.45, 7) is 1.97. The molecule has 0 saturated heterocycles. The molecule has 5 rings (SSSR count). The Morgan fingerprint density at radius 2 is 2.16 bits per heavy atom. The van der Waals surface area contributed by atoms with Gasteiger partial charge in [0, 0.05) is 29.5 Å². The third-order valence-electron chi connectivity index (χ3n) is 5.97. The van der Waals surface area contributed by atoms with Crippen molar-refractivity contribution >= 4 is 22.8 Å². The Morgan fingerprint density at radius 3 is 2.88 bits per heavy atom. The lowest BCUT2D eigenvalue weighted by Crippen LogP contribution is -2.35. The first-order chi connectivity index (χ1) is 15.3. The lowest BCUT2D eigenvalue weighted by atomic mass is 9.80. The van der Waals surface area contributed by atoms with Gasteiger partial charge < -0.3 is 4.57 Å². The molecule has 3 heterocycles. The van der Waals surface area contributed by atoms with Gasteiger partial charge in [0.2, 0.25) is 11.6 Å². The van der Waals surface area contributed by atoms with Gasteiger partial charge in [0.05, 0.1) is 6.33 Å². The monoisotopic (exact) mass is 460 g/mol. The molecule has 0 aliphatic heterocycles. The predicted octanol–water partition coefficient (Wildman–Crippen LogP) is 4.56. The van der Waals surface area contributed by atoms with Gasteiger partial charge in [-0.05, 0) is 30.9 Å². The van der Waals surface area contributed by atoms with E-state index < -0.39 is 17.6 Å². The number of benzene rings is 1. The molecule has 1 saturated carbocycles. The molecule has 1 aliphatic rings. The van der Waals surface area contributed by atoms with E-state index >= 15 is 0 Å². The molecule has 1 fully saturated rings. The van der Waals surface area contributed by atoms with E-state index in [-0.39, 0.29) is 24.0 Å². The summed E-state index contributed by atoms with van der Waals surface area (Å²) < 4.78 is 35.0. The van der Waals surface area contributed by atoms with Crippen LogP contribution in [0.25, 0.3) is 34.1 Å². The molecule has 1 N–H and O–H groups in total. The van der Waals surface area contributed by atoms with Crippen LogP contribution >= 0.6 is 11.6 Å². The first kappa shape index (κ1) is 20.7. The highest BCUT2D eigenvalue weighted by molar-refractivity contribution is 6.30. The molecular formula is C21H19ClF2N6O2. The molecule has 2 atom stereocenters. The van der Waals surface area contributed by atoms with Crippen LogP contribution in [0.2, 0.25) is 5.02 Å². The van der Waals surface area contributed by atoms with Gasteiger partial charge in [0.15, 0.2) is 5.65 Å². The van der Waals surface area contributed by atoms with E-state index in [0.29, 0.717) is 46.8 Å². The molecule has 4 aromatic rings. The molecule has 0 radical (unpaired) electrons. The lowest BCUT2D eigenvalue weighted by Gasteiger charge is -2.34. The third-order valence-corrected chi connectivity index (χ3v) is 6.20. The third kappa shape index (κ3) is 3.79. The van der Waals surface area contributed by atoms with Crippen LogP contribution in [-0.4, -0.2) is 35.6 Å². The van der Waals surface area contributed by atoms with E-state index in [0.717, 1.165) is 0 Å². The summed E-state index contributed by atoms with van der Waals surface area (Å²) in [6, 6.07) is 7.10. The zero-order chi connectivity index (χ0) is 22.5. The largest absolute Gasteiger partial charge is 0.439 e. The van der Waals surface area contributed by atoms with E-state index in [9.17, 15) is 13.6 Å². The Bertz CT molecular complexity index is 1350. The fourth-order valence-corrected chi connectivity index (χ4v) is 4.40. The minimum absolute atomic E-state index is 0.0654. The number of alkyl halides is 2. The van der Waals surface area contributed by atoms with E-state index in [1.807, 2.05) is 10.6 Å². The van der Waals surface area contributed by atoms with Crippen LogP contribution in [0.15, 0.2) is 39.9 Å². The van der Waals surface area contributed by atoms with E-state index in [4.69, 9.17) is 11.6 Å². The minimum atomic E-state index is -2.68. The average Bonchev–Trinajstić information content (AvgIpc) is 3.36. The maximum Gasteiger partial charge on any atom is 0.439 e. The van der Waals surface area contributed by atoms with Crippen molar-refractivity contribution < 1.29 is 13.3 Å². The number of H-pyrrole nitrogens is 1. The number of imidazole rings is 1. The summed E-state index contributed by atoms with van der Waals surface area (Å²) in [5.41, 5.74) is 2.15. The Kier molecular flexibility index (Phi) is 5.04. The fraction of sp³-hybridized carbons (Fsp3) is 0.381. The molecule has 32 heavy (non-hydrogen) atoms. The summed E-state index contributed by atoms with van der Waals surface area (Å²) in [5.74, 6) is -4.03. The molecule has 0 bridgehead atoms. The smallest absolute Gasteiger partial charge is 0.327 e. The van der Waals surface area contributed by atoms with Crippen LogP contribution in [0, 0.1) is 11.8 Å². The van der Waals surface area contributed by atoms with Crippen LogP contribution < -0.4 is 5.76 Å². The average molecular weight is 461 g/mol. The first-order valence-corrected chi connectivity index (χ1v) is 10.6. The number of aromatic nitrogens is 6. The summed E-state index contributed by atoms with van der Waals surface area (Å²) in [6.07, 6.45) is 2.60. The second-order valence-corrected chi connectivity index (χ2v) is 8.66. The quantitative estimate of drug-likeness (QED) is 0.479. The SMILES string of the molecule is C[C@@H]1CC[C@@H](Cn2cnc3nc(-c4noc(=O)[nH]4)nc(-c4cccc(Cl)c4)c32)CC1(F)F. The zero-order valence-electron chi connectivity index (χ0n) is 17.1. The second kappa shape index (κ2) is 7.77. The molecule has 0 amide bonds. The van der Waals surface area contributed by atoms with Crippen LogP contribution in [0.1, 0.15) is 26.2 Å². The summed E-state index contributed by atoms with van der Waals surface area (Å²) in [5, 5.41) is 4.17. The van der Waals surface area contributed by atoms with Crippen molar-refractivity contribution in [2.75, 3.05) is 0 Å². The molecule has 8 nitrogen and oxygen atoms in total. The van der Waals surface area contributed by atoms with Crippen LogP contribution in [0.4, 0.5) is 8.78 Å². The highest BCUT2D eigenvalue weighted by atomic mass is 35.5. The molecule has 0 spiro atoms. The highest BCUT2D eigenvalue weighted by Crippen LogP contribution is 2.42. The van der Waals surface area contributed by atoms with Crippen molar-refractivity contribution in [2.24, 2.45) is 11.8 Å². The summed E-state index contributed by atoms with van der Waals surface area (Å²) >= 11 is 6.20. The normalized spacial score (nSPS) is 20.6. The van der Waals surface area contributed by atoms with Crippen molar-refractivity contribution in [3.8, 4) is 22.9 Å². The van der Waals surface area contributed by atoms with Crippen LogP contribution in [-0.2, 0) is 6.54 Å². The highest BCUT2D eigenvalue weighted by Gasteiger charge is 2.42. The van der Waals surface area contributed by atoms with Gasteiger partial charge >= 0.3 is 5.76 Å². The molecule has 11 heteroatoms. The Hall–Kier alpha value is -3.14. The molecular weight excluding hydrogens is 442 g/mol. The van der Waals surface area contributed by atoms with Crippen LogP contribution in [0.3, 0.4) is 0 Å². The van der Waals surface area contributed by atoms with Gasteiger partial charge in [0.1, 0.15) is 11.2 Å². The topological polar surface area (TPSA) is 102 Å². The van der Waals surface area contributed by atoms with Gasteiger partial charge in [-0.15, -0.1) is 0 Å². The summed E-state index contributed by atoms with van der Waals surface area (Å²) in [4.78, 5) is 27.2. The molecule has 3 aromatic heterocycles. The van der Waals surface area contributed by atoms with E-state index in [1.165, 1.54) is 0 Å². The van der Waals surface area contributed by atoms with Gasteiger partial charge in [-0.3, -0.25) is 9.51 Å². The molecule has 1 aromatic carbocycles. The zero-order valence-corrected chi connectivity index (χ0v) is 17.8. The number of halogens is 3. The van der Waals surface area contributed by atoms with Gasteiger partial charge in [-0.2, -0.15) is 0 Å². The Balaban J connectivity index is 1.62. The second-order valence-electron chi connectivity index (χ2n) is 8.23. The van der Waals surface area contributed by atoms with Crippen molar-refractivity contribution in [3.05, 3.63) is 46.2 Å². The molecule has 0 unspecified atom stereocenters. The number of hydrogen-bond acceptors (Lipinski definition) is 6. The Labute approximate surface area is 185 Å². The van der Waals surface area contributed by atoms with Crippen molar-refractivity contribution in [2.45, 2.75) is 38.7 Å². The van der Waals surface area contributed by atoms with Gasteiger partial charge in [-0.1, -0.05) is 35.8 Å². The van der Waals surface area contributed by atoms with Gasteiger partial charge in [-0.25, -0.2) is 28.5 Å². The van der Waals surface area contributed by atoms with Crippen molar-refractivity contribution in [3.63, 3.8) is 0 Å². The predicted molar refractivity (Wildman–Crippen MR) is 113 cm³/mol. The number of nitrogens with one attached hydrogen (secondary N) is 1. The minimum Gasteiger partial charge on any atom is -0.327 e. The van der Waals surface area contributed by atoms with Gasteiger partial charge in [0.25, 0.3) is 5.92 Å². The van der Waals surface area contributed by atoms with Crippen LogP contribution in [0.5, 0.6) is 0 Å². The number of nitrogens with zero attached hydrogens (tertiary/aromatic N) is 5. The number of rotatable bonds is 4. The maximum absolute atomic E-state index is 14.3. The standard InChI is InChI=1S/C21H19ClF2N6O2/c1-11-5-6-12(8-21(11,23)24)9-30-10-25-17-16(30)15(13-3-2-4-14(22)7-13)26-18(27-17)19-28-20(31)32-29-19/h2-4,7,10-12H,5-6,8-9H2,1H3,(H,28,29,31)/t11-,12-/m1/s1. The van der Waals surface area contributed by atoms with Crippen molar-refractivity contribution in [1.82, 2.24) is 29.7 Å². The lowest BCUT2D eigenvalue weighted by molar-refractivity contribution is -0.0970. The maximum atomic E-state index is 14.3. The molecule has 166 valence electrons.